The van der Waals surface area contributed by atoms with E-state index in [1.165, 1.54) is 6.07 Å². The molecule has 0 aliphatic carbocycles. The van der Waals surface area contributed by atoms with Crippen molar-refractivity contribution in [2.75, 3.05) is 5.43 Å². The predicted octanol–water partition coefficient (Wildman–Crippen LogP) is 3.37. The molecule has 4 heteroatoms. The Kier molecular flexibility index (Phi) is 3.67. The minimum absolute atomic E-state index is 0.239. The summed E-state index contributed by atoms with van der Waals surface area (Å²) in [5, 5.41) is 4.21. The van der Waals surface area contributed by atoms with Gasteiger partial charge in [-0.05, 0) is 43.7 Å². The van der Waals surface area contributed by atoms with Crippen LogP contribution in [0.15, 0.2) is 47.8 Å². The third-order valence-corrected chi connectivity index (χ3v) is 2.62. The van der Waals surface area contributed by atoms with Gasteiger partial charge in [0.25, 0.3) is 0 Å². The molecule has 0 amide bonds. The fraction of sp³-hybridized carbons (Fsp3) is 0.143. The van der Waals surface area contributed by atoms with Gasteiger partial charge in [0.2, 0.25) is 0 Å². The number of hydrogen-bond donors (Lipinski definition) is 1. The molecule has 1 heterocycles. The van der Waals surface area contributed by atoms with Gasteiger partial charge in [-0.3, -0.25) is 10.4 Å². The first-order chi connectivity index (χ1) is 8.66. The molecule has 2 aromatic rings. The highest BCUT2D eigenvalue weighted by molar-refractivity contribution is 5.98. The number of pyridine rings is 1. The molecule has 18 heavy (non-hydrogen) atoms. The van der Waals surface area contributed by atoms with E-state index in [2.05, 4.69) is 15.5 Å². The SMILES string of the molecule is C/C(=N/Nc1ccc(C)c(F)c1)c1ccncc1. The lowest BCUT2D eigenvalue weighted by molar-refractivity contribution is 0.619. The Bertz CT molecular complexity index is 565. The van der Waals surface area contributed by atoms with Gasteiger partial charge in [0, 0.05) is 18.0 Å². The first-order valence-corrected chi connectivity index (χ1v) is 5.63. The van der Waals surface area contributed by atoms with Crippen molar-refractivity contribution in [2.24, 2.45) is 5.10 Å². The summed E-state index contributed by atoms with van der Waals surface area (Å²) in [6.45, 7) is 3.61. The van der Waals surface area contributed by atoms with Gasteiger partial charge in [0.05, 0.1) is 11.4 Å². The molecule has 3 nitrogen and oxygen atoms in total. The summed E-state index contributed by atoms with van der Waals surface area (Å²) in [6, 6.07) is 8.68. The molecule has 1 aromatic carbocycles. The first kappa shape index (κ1) is 12.2. The topological polar surface area (TPSA) is 37.3 Å². The number of halogens is 1. The fourth-order valence-electron chi connectivity index (χ4n) is 1.47. The van der Waals surface area contributed by atoms with Gasteiger partial charge in [-0.15, -0.1) is 0 Å². The molecule has 92 valence electrons. The lowest BCUT2D eigenvalue weighted by atomic mass is 10.2. The molecule has 0 radical (unpaired) electrons. The second kappa shape index (κ2) is 5.40. The van der Waals surface area contributed by atoms with E-state index in [1.807, 2.05) is 19.1 Å². The van der Waals surface area contributed by atoms with Gasteiger partial charge >= 0.3 is 0 Å². The molecule has 1 aromatic heterocycles. The second-order valence-corrected chi connectivity index (χ2v) is 4.01. The summed E-state index contributed by atoms with van der Waals surface area (Å²) < 4.78 is 13.3. The number of benzene rings is 1. The average molecular weight is 243 g/mol. The number of hydrazone groups is 1. The number of rotatable bonds is 3. The van der Waals surface area contributed by atoms with Gasteiger partial charge in [0.15, 0.2) is 0 Å². The highest BCUT2D eigenvalue weighted by Crippen LogP contribution is 2.13. The first-order valence-electron chi connectivity index (χ1n) is 5.63. The standard InChI is InChI=1S/C14H14FN3/c1-10-3-4-13(9-14(10)15)18-17-11(2)12-5-7-16-8-6-12/h3-9,18H,1-2H3/b17-11-. The molecular weight excluding hydrogens is 229 g/mol. The molecule has 0 atom stereocenters. The lowest BCUT2D eigenvalue weighted by Gasteiger charge is -2.04. The Balaban J connectivity index is 2.13. The van der Waals surface area contributed by atoms with Crippen molar-refractivity contribution in [1.29, 1.82) is 0 Å². The van der Waals surface area contributed by atoms with E-state index >= 15 is 0 Å². The number of anilines is 1. The number of aryl methyl sites for hydroxylation is 1. The number of aromatic nitrogens is 1. The summed E-state index contributed by atoms with van der Waals surface area (Å²) in [5.41, 5.74) is 5.89. The molecule has 0 aliphatic heterocycles. The predicted molar refractivity (Wildman–Crippen MR) is 71.2 cm³/mol. The molecule has 1 N–H and O–H groups in total. The Morgan fingerprint density at radius 2 is 1.94 bits per heavy atom. The summed E-state index contributed by atoms with van der Waals surface area (Å²) in [4.78, 5) is 3.94. The third-order valence-electron chi connectivity index (χ3n) is 2.62. The quantitative estimate of drug-likeness (QED) is 0.663. The number of nitrogens with zero attached hydrogens (tertiary/aromatic N) is 2. The zero-order valence-electron chi connectivity index (χ0n) is 10.3. The minimum atomic E-state index is -0.239. The summed E-state index contributed by atoms with van der Waals surface area (Å²) in [6.07, 6.45) is 3.42. The summed E-state index contributed by atoms with van der Waals surface area (Å²) >= 11 is 0. The maximum absolute atomic E-state index is 13.3. The van der Waals surface area contributed by atoms with Gasteiger partial charge in [-0.25, -0.2) is 4.39 Å². The van der Waals surface area contributed by atoms with Crippen molar-refractivity contribution in [1.82, 2.24) is 4.98 Å². The highest BCUT2D eigenvalue weighted by atomic mass is 19.1. The fourth-order valence-corrected chi connectivity index (χ4v) is 1.47. The maximum Gasteiger partial charge on any atom is 0.128 e. The van der Waals surface area contributed by atoms with E-state index in [0.29, 0.717) is 11.3 Å². The number of hydrogen-bond acceptors (Lipinski definition) is 3. The van der Waals surface area contributed by atoms with Crippen LogP contribution in [0.4, 0.5) is 10.1 Å². The van der Waals surface area contributed by atoms with Crippen molar-refractivity contribution in [3.8, 4) is 0 Å². The molecule has 0 fully saturated rings. The minimum Gasteiger partial charge on any atom is -0.278 e. The molecule has 0 unspecified atom stereocenters. The van der Waals surface area contributed by atoms with Crippen LogP contribution in [0.1, 0.15) is 18.1 Å². The van der Waals surface area contributed by atoms with Crippen LogP contribution >= 0.6 is 0 Å². The highest BCUT2D eigenvalue weighted by Gasteiger charge is 1.99. The maximum atomic E-state index is 13.3. The lowest BCUT2D eigenvalue weighted by Crippen LogP contribution is -2.00. The average Bonchev–Trinajstić information content (AvgIpc) is 2.41. The van der Waals surface area contributed by atoms with E-state index in [9.17, 15) is 4.39 Å². The van der Waals surface area contributed by atoms with Crippen LogP contribution in [0.5, 0.6) is 0 Å². The second-order valence-electron chi connectivity index (χ2n) is 4.01. The Morgan fingerprint density at radius 3 is 2.61 bits per heavy atom. The van der Waals surface area contributed by atoms with Crippen LogP contribution in [-0.2, 0) is 0 Å². The van der Waals surface area contributed by atoms with E-state index < -0.39 is 0 Å². The molecule has 2 rings (SSSR count). The summed E-state index contributed by atoms with van der Waals surface area (Å²) in [7, 11) is 0. The van der Waals surface area contributed by atoms with Crippen molar-refractivity contribution in [3.63, 3.8) is 0 Å². The number of nitrogens with one attached hydrogen (secondary N) is 1. The Morgan fingerprint density at radius 1 is 1.22 bits per heavy atom. The normalized spacial score (nSPS) is 11.4. The van der Waals surface area contributed by atoms with Crippen LogP contribution in [0.25, 0.3) is 0 Å². The monoisotopic (exact) mass is 243 g/mol. The molecular formula is C14H14FN3. The van der Waals surface area contributed by atoms with Crippen molar-refractivity contribution in [3.05, 3.63) is 59.7 Å². The van der Waals surface area contributed by atoms with Gasteiger partial charge in [-0.1, -0.05) is 6.07 Å². The van der Waals surface area contributed by atoms with Crippen LogP contribution < -0.4 is 5.43 Å². The van der Waals surface area contributed by atoms with Crippen LogP contribution in [0.3, 0.4) is 0 Å². The molecule has 0 saturated carbocycles. The van der Waals surface area contributed by atoms with Gasteiger partial charge < -0.3 is 0 Å². The zero-order chi connectivity index (χ0) is 13.0. The smallest absolute Gasteiger partial charge is 0.128 e. The van der Waals surface area contributed by atoms with Crippen molar-refractivity contribution < 1.29 is 4.39 Å². The van der Waals surface area contributed by atoms with Gasteiger partial charge in [0.1, 0.15) is 5.82 Å². The van der Waals surface area contributed by atoms with E-state index in [1.54, 1.807) is 31.5 Å². The largest absolute Gasteiger partial charge is 0.278 e. The van der Waals surface area contributed by atoms with Crippen LogP contribution in [0, 0.1) is 12.7 Å². The van der Waals surface area contributed by atoms with E-state index in [-0.39, 0.29) is 5.82 Å². The molecule has 0 saturated heterocycles. The van der Waals surface area contributed by atoms with Crippen molar-refractivity contribution >= 4 is 11.4 Å². The third kappa shape index (κ3) is 2.91. The van der Waals surface area contributed by atoms with Crippen LogP contribution in [-0.4, -0.2) is 10.7 Å². The summed E-state index contributed by atoms with van der Waals surface area (Å²) in [5.74, 6) is -0.239. The van der Waals surface area contributed by atoms with Crippen LogP contribution in [0.2, 0.25) is 0 Å². The van der Waals surface area contributed by atoms with Crippen molar-refractivity contribution in [2.45, 2.75) is 13.8 Å². The Hall–Kier alpha value is -2.23. The van der Waals surface area contributed by atoms with E-state index in [0.717, 1.165) is 11.3 Å². The molecule has 0 spiro atoms. The molecule has 0 bridgehead atoms. The van der Waals surface area contributed by atoms with Gasteiger partial charge in [-0.2, -0.15) is 5.10 Å². The molecule has 0 aliphatic rings. The zero-order valence-corrected chi connectivity index (χ0v) is 10.3. The Labute approximate surface area is 105 Å². The van der Waals surface area contributed by atoms with E-state index in [4.69, 9.17) is 0 Å².